The Bertz CT molecular complexity index is 429. The number of aliphatic hydroxyl groups excluding tert-OH is 1. The number of benzene rings is 1. The van der Waals surface area contributed by atoms with E-state index in [0.29, 0.717) is 12.6 Å². The van der Waals surface area contributed by atoms with Gasteiger partial charge in [-0.2, -0.15) is 0 Å². The van der Waals surface area contributed by atoms with Crippen LogP contribution in [0.4, 0.5) is 0 Å². The summed E-state index contributed by atoms with van der Waals surface area (Å²) in [6, 6.07) is 8.72. The van der Waals surface area contributed by atoms with Crippen LogP contribution in [0.1, 0.15) is 24.0 Å². The first kappa shape index (κ1) is 11.7. The van der Waals surface area contributed by atoms with E-state index >= 15 is 0 Å². The summed E-state index contributed by atoms with van der Waals surface area (Å²) in [5, 5.41) is 9.08. The van der Waals surface area contributed by atoms with Crippen LogP contribution in [-0.2, 0) is 17.6 Å². The fourth-order valence-corrected chi connectivity index (χ4v) is 2.93. The highest BCUT2D eigenvalue weighted by Crippen LogP contribution is 2.32. The molecule has 1 N–H and O–H groups in total. The molecule has 3 rings (SSSR count). The van der Waals surface area contributed by atoms with E-state index in [1.54, 1.807) is 0 Å². The number of hydrogen-bond acceptors (Lipinski definition) is 2. The van der Waals surface area contributed by atoms with E-state index in [2.05, 4.69) is 12.1 Å². The zero-order valence-electron chi connectivity index (χ0n) is 10.5. The monoisotopic (exact) mass is 245 g/mol. The van der Waals surface area contributed by atoms with Crippen molar-refractivity contribution in [2.24, 2.45) is 5.92 Å². The number of aliphatic hydroxyl groups is 1. The first-order chi connectivity index (χ1) is 8.79. The van der Waals surface area contributed by atoms with Gasteiger partial charge >= 0.3 is 0 Å². The molecular formula is C15H19NO2. The van der Waals surface area contributed by atoms with Crippen LogP contribution in [0, 0.1) is 5.92 Å². The molecule has 2 aliphatic rings. The van der Waals surface area contributed by atoms with E-state index in [4.69, 9.17) is 5.11 Å². The zero-order chi connectivity index (χ0) is 12.5. The van der Waals surface area contributed by atoms with Gasteiger partial charge in [0.25, 0.3) is 0 Å². The topological polar surface area (TPSA) is 40.5 Å². The number of fused-ring (bicyclic) bond motifs is 1. The Balaban J connectivity index is 1.71. The lowest BCUT2D eigenvalue weighted by atomic mass is 10.0. The minimum absolute atomic E-state index is 0.0713. The predicted molar refractivity (Wildman–Crippen MR) is 69.2 cm³/mol. The van der Waals surface area contributed by atoms with Crippen LogP contribution in [0.15, 0.2) is 24.3 Å². The summed E-state index contributed by atoms with van der Waals surface area (Å²) < 4.78 is 0. The fraction of sp³-hybridized carbons (Fsp3) is 0.533. The standard InChI is InChI=1S/C15H19NO2/c17-8-7-16(14-5-6-14)15(18)13-9-11-3-1-2-4-12(11)10-13/h1-4,13-14,17H,5-10H2. The second-order valence-electron chi connectivity index (χ2n) is 5.36. The number of nitrogens with zero attached hydrogens (tertiary/aromatic N) is 1. The summed E-state index contributed by atoms with van der Waals surface area (Å²) in [7, 11) is 0. The van der Waals surface area contributed by atoms with Crippen LogP contribution in [0.5, 0.6) is 0 Å². The molecule has 0 aliphatic heterocycles. The number of carbonyl (C=O) groups excluding carboxylic acids is 1. The van der Waals surface area contributed by atoms with Crippen molar-refractivity contribution in [1.29, 1.82) is 0 Å². The molecule has 1 amide bonds. The van der Waals surface area contributed by atoms with Crippen molar-refractivity contribution in [3.63, 3.8) is 0 Å². The molecule has 0 spiro atoms. The van der Waals surface area contributed by atoms with E-state index < -0.39 is 0 Å². The second-order valence-corrected chi connectivity index (χ2v) is 5.36. The molecule has 18 heavy (non-hydrogen) atoms. The minimum atomic E-state index is 0.0713. The van der Waals surface area contributed by atoms with Crippen molar-refractivity contribution in [1.82, 2.24) is 4.90 Å². The average molecular weight is 245 g/mol. The summed E-state index contributed by atoms with van der Waals surface area (Å²) >= 11 is 0. The van der Waals surface area contributed by atoms with Gasteiger partial charge in [-0.3, -0.25) is 4.79 Å². The van der Waals surface area contributed by atoms with Crippen LogP contribution in [0.3, 0.4) is 0 Å². The van der Waals surface area contributed by atoms with Gasteiger partial charge in [0.1, 0.15) is 0 Å². The Kier molecular flexibility index (Phi) is 3.08. The third-order valence-electron chi connectivity index (χ3n) is 4.01. The van der Waals surface area contributed by atoms with Gasteiger partial charge in [-0.25, -0.2) is 0 Å². The van der Waals surface area contributed by atoms with Crippen LogP contribution in [0.2, 0.25) is 0 Å². The molecular weight excluding hydrogens is 226 g/mol. The van der Waals surface area contributed by atoms with Crippen LogP contribution in [-0.4, -0.2) is 35.1 Å². The summed E-state index contributed by atoms with van der Waals surface area (Å²) in [6.07, 6.45) is 3.93. The van der Waals surface area contributed by atoms with Gasteiger partial charge < -0.3 is 10.0 Å². The minimum Gasteiger partial charge on any atom is -0.395 e. The molecule has 0 saturated heterocycles. The van der Waals surface area contributed by atoms with Crippen molar-refractivity contribution < 1.29 is 9.90 Å². The quantitative estimate of drug-likeness (QED) is 0.870. The summed E-state index contributed by atoms with van der Waals surface area (Å²) in [4.78, 5) is 14.4. The lowest BCUT2D eigenvalue weighted by Crippen LogP contribution is -2.40. The predicted octanol–water partition coefficient (Wildman–Crippen LogP) is 1.38. The van der Waals surface area contributed by atoms with Gasteiger partial charge in [-0.15, -0.1) is 0 Å². The van der Waals surface area contributed by atoms with E-state index in [1.807, 2.05) is 17.0 Å². The smallest absolute Gasteiger partial charge is 0.226 e. The van der Waals surface area contributed by atoms with E-state index in [9.17, 15) is 4.79 Å². The largest absolute Gasteiger partial charge is 0.395 e. The summed E-state index contributed by atoms with van der Waals surface area (Å²) in [5.74, 6) is 0.331. The highest BCUT2D eigenvalue weighted by Gasteiger charge is 2.37. The highest BCUT2D eigenvalue weighted by molar-refractivity contribution is 5.81. The van der Waals surface area contributed by atoms with Crippen molar-refractivity contribution in [2.45, 2.75) is 31.7 Å². The molecule has 96 valence electrons. The van der Waals surface area contributed by atoms with Gasteiger partial charge in [0, 0.05) is 18.5 Å². The third-order valence-corrected chi connectivity index (χ3v) is 4.01. The number of carbonyl (C=O) groups is 1. The average Bonchev–Trinajstić information content (AvgIpc) is 3.13. The third kappa shape index (κ3) is 2.15. The molecule has 0 aromatic heterocycles. The Morgan fingerprint density at radius 3 is 2.33 bits per heavy atom. The maximum atomic E-state index is 12.5. The molecule has 2 aliphatic carbocycles. The Morgan fingerprint density at radius 1 is 1.22 bits per heavy atom. The molecule has 3 nitrogen and oxygen atoms in total. The molecule has 0 heterocycles. The van der Waals surface area contributed by atoms with E-state index in [0.717, 1.165) is 25.7 Å². The Hall–Kier alpha value is -1.35. The lowest BCUT2D eigenvalue weighted by Gasteiger charge is -2.24. The van der Waals surface area contributed by atoms with Gasteiger partial charge in [-0.1, -0.05) is 24.3 Å². The maximum absolute atomic E-state index is 12.5. The van der Waals surface area contributed by atoms with Crippen molar-refractivity contribution in [2.75, 3.05) is 13.2 Å². The van der Waals surface area contributed by atoms with E-state index in [1.165, 1.54) is 11.1 Å². The molecule has 1 aromatic carbocycles. The zero-order valence-corrected chi connectivity index (χ0v) is 10.5. The van der Waals surface area contributed by atoms with Crippen molar-refractivity contribution in [3.05, 3.63) is 35.4 Å². The normalized spacial score (nSPS) is 18.7. The van der Waals surface area contributed by atoms with Gasteiger partial charge in [0.05, 0.1) is 6.61 Å². The lowest BCUT2D eigenvalue weighted by molar-refractivity contribution is -0.136. The Morgan fingerprint density at radius 2 is 1.83 bits per heavy atom. The molecule has 0 atom stereocenters. The van der Waals surface area contributed by atoms with Crippen molar-refractivity contribution in [3.8, 4) is 0 Å². The molecule has 1 aromatic rings. The highest BCUT2D eigenvalue weighted by atomic mass is 16.3. The first-order valence-electron chi connectivity index (χ1n) is 6.77. The van der Waals surface area contributed by atoms with E-state index in [-0.39, 0.29) is 18.4 Å². The summed E-state index contributed by atoms with van der Waals surface area (Å²) in [5.41, 5.74) is 2.63. The van der Waals surface area contributed by atoms with Crippen molar-refractivity contribution >= 4 is 5.91 Å². The van der Waals surface area contributed by atoms with Gasteiger partial charge in [0.15, 0.2) is 0 Å². The number of hydrogen-bond donors (Lipinski definition) is 1. The van der Waals surface area contributed by atoms with Gasteiger partial charge in [0.2, 0.25) is 5.91 Å². The molecule has 0 bridgehead atoms. The molecule has 1 fully saturated rings. The van der Waals surface area contributed by atoms with Crippen LogP contribution < -0.4 is 0 Å². The molecule has 0 unspecified atom stereocenters. The molecule has 0 radical (unpaired) electrons. The molecule has 1 saturated carbocycles. The first-order valence-corrected chi connectivity index (χ1v) is 6.77. The second kappa shape index (κ2) is 4.73. The molecule has 3 heteroatoms. The Labute approximate surface area is 107 Å². The van der Waals surface area contributed by atoms with Crippen LogP contribution in [0.25, 0.3) is 0 Å². The maximum Gasteiger partial charge on any atom is 0.226 e. The SMILES string of the molecule is O=C(C1Cc2ccccc2C1)N(CCO)C1CC1. The number of amides is 1. The van der Waals surface area contributed by atoms with Gasteiger partial charge in [-0.05, 0) is 36.8 Å². The summed E-state index contributed by atoms with van der Waals surface area (Å²) in [6.45, 7) is 0.568. The fourth-order valence-electron chi connectivity index (χ4n) is 2.93. The number of rotatable bonds is 4. The van der Waals surface area contributed by atoms with Crippen LogP contribution >= 0.6 is 0 Å².